The van der Waals surface area contributed by atoms with Gasteiger partial charge in [0.2, 0.25) is 0 Å². The number of hydrogen-bond acceptors (Lipinski definition) is 4. The maximum Gasteiger partial charge on any atom is 0.410 e. The lowest BCUT2D eigenvalue weighted by molar-refractivity contribution is -0.161. The Kier molecular flexibility index (Phi) is 5.30. The van der Waals surface area contributed by atoms with Crippen LogP contribution < -0.4 is 10.9 Å². The van der Waals surface area contributed by atoms with Crippen molar-refractivity contribution in [2.45, 2.75) is 37.9 Å². The van der Waals surface area contributed by atoms with Crippen molar-refractivity contribution in [1.29, 1.82) is 0 Å². The molecule has 0 spiro atoms. The predicted octanol–water partition coefficient (Wildman–Crippen LogP) is 3.18. The van der Waals surface area contributed by atoms with Gasteiger partial charge < -0.3 is 15.4 Å². The number of carbonyl (C=O) groups excluding carboxylic acids is 1. The van der Waals surface area contributed by atoms with Gasteiger partial charge >= 0.3 is 6.18 Å². The van der Waals surface area contributed by atoms with Crippen LogP contribution in [0, 0.1) is 6.92 Å². The van der Waals surface area contributed by atoms with Gasteiger partial charge in [-0.2, -0.15) is 18.3 Å². The number of nitrogens with one attached hydrogen (secondary N) is 2. The second-order valence-electron chi connectivity index (χ2n) is 7.54. The molecule has 7 nitrogen and oxygen atoms in total. The summed E-state index contributed by atoms with van der Waals surface area (Å²) in [6, 6.07) is 2.73. The van der Waals surface area contributed by atoms with Crippen molar-refractivity contribution >= 4 is 23.0 Å². The molecule has 0 saturated heterocycles. The van der Waals surface area contributed by atoms with Crippen LogP contribution in [-0.4, -0.2) is 44.4 Å². The number of amides is 1. The Bertz CT molecular complexity index is 1230. The van der Waals surface area contributed by atoms with E-state index in [1.807, 2.05) is 6.92 Å². The Labute approximate surface area is 178 Å². The highest BCUT2D eigenvalue weighted by Crippen LogP contribution is 2.43. The molecule has 1 atom stereocenters. The number of benzene rings is 1. The van der Waals surface area contributed by atoms with E-state index in [-0.39, 0.29) is 17.1 Å². The van der Waals surface area contributed by atoms with E-state index in [4.69, 9.17) is 16.7 Å². The molecule has 1 aliphatic rings. The standard InChI is InChI=1S/C20H18ClF3N4O3/c1-9-6-11(4-5-12(9)21)13-7-28-17(19(31)25-13)15(10-2-3-10)16(27-28)18(30)26-14(8-29)20(22,23)24/h4-7,10,14,29H,2-3,8H2,1H3,(H,25,31)(H,26,30). The molecule has 3 aromatic rings. The maximum absolute atomic E-state index is 13.0. The summed E-state index contributed by atoms with van der Waals surface area (Å²) in [5.74, 6) is -1.23. The molecular formula is C20H18ClF3N4O3. The molecule has 31 heavy (non-hydrogen) atoms. The Morgan fingerprint density at radius 2 is 2.13 bits per heavy atom. The molecule has 1 saturated carbocycles. The third-order valence-corrected chi connectivity index (χ3v) is 5.64. The van der Waals surface area contributed by atoms with Gasteiger partial charge in [0.05, 0.1) is 18.5 Å². The second kappa shape index (κ2) is 7.69. The Hall–Kier alpha value is -2.85. The molecule has 164 valence electrons. The zero-order valence-electron chi connectivity index (χ0n) is 16.3. The minimum Gasteiger partial charge on any atom is -0.394 e. The van der Waals surface area contributed by atoms with Gasteiger partial charge in [-0.3, -0.25) is 9.59 Å². The van der Waals surface area contributed by atoms with Gasteiger partial charge in [-0.05, 0) is 48.9 Å². The molecule has 1 aliphatic carbocycles. The van der Waals surface area contributed by atoms with Crippen molar-refractivity contribution in [3.8, 4) is 11.3 Å². The highest BCUT2D eigenvalue weighted by Gasteiger charge is 2.42. The number of fused-ring (bicyclic) bond motifs is 1. The van der Waals surface area contributed by atoms with Crippen LogP contribution in [0.2, 0.25) is 5.02 Å². The first-order valence-electron chi connectivity index (χ1n) is 9.50. The summed E-state index contributed by atoms with van der Waals surface area (Å²) < 4.78 is 40.1. The smallest absolute Gasteiger partial charge is 0.394 e. The SMILES string of the molecule is Cc1cc(-c2cn3nc(C(=O)NC(CO)C(F)(F)F)c(C4CC4)c3c(=O)[nH]2)ccc1Cl. The van der Waals surface area contributed by atoms with Crippen LogP contribution in [0.3, 0.4) is 0 Å². The molecule has 1 aromatic carbocycles. The lowest BCUT2D eigenvalue weighted by Gasteiger charge is -2.18. The highest BCUT2D eigenvalue weighted by atomic mass is 35.5. The number of H-pyrrole nitrogens is 1. The largest absolute Gasteiger partial charge is 0.410 e. The number of alkyl halides is 3. The summed E-state index contributed by atoms with van der Waals surface area (Å²) in [6.07, 6.45) is -1.92. The van der Waals surface area contributed by atoms with Crippen molar-refractivity contribution in [2.75, 3.05) is 6.61 Å². The number of carbonyl (C=O) groups is 1. The van der Waals surface area contributed by atoms with E-state index in [2.05, 4.69) is 10.1 Å². The summed E-state index contributed by atoms with van der Waals surface area (Å²) in [5, 5.41) is 15.5. The number of aliphatic hydroxyl groups excluding tert-OH is 1. The lowest BCUT2D eigenvalue weighted by Crippen LogP contribution is -2.48. The van der Waals surface area contributed by atoms with Gasteiger partial charge in [0, 0.05) is 10.6 Å². The monoisotopic (exact) mass is 454 g/mol. The van der Waals surface area contributed by atoms with E-state index in [1.165, 1.54) is 10.7 Å². The average molecular weight is 455 g/mol. The summed E-state index contributed by atoms with van der Waals surface area (Å²) >= 11 is 6.05. The average Bonchev–Trinajstić information content (AvgIpc) is 3.46. The summed E-state index contributed by atoms with van der Waals surface area (Å²) in [6.45, 7) is 0.504. The lowest BCUT2D eigenvalue weighted by atomic mass is 10.1. The number of halogens is 4. The van der Waals surface area contributed by atoms with Crippen LogP contribution in [-0.2, 0) is 0 Å². The normalized spacial score (nSPS) is 15.3. The number of aryl methyl sites for hydroxylation is 1. The zero-order chi connectivity index (χ0) is 22.5. The fourth-order valence-electron chi connectivity index (χ4n) is 3.45. The van der Waals surface area contributed by atoms with Gasteiger partial charge in [-0.15, -0.1) is 0 Å². The Morgan fingerprint density at radius 3 is 2.71 bits per heavy atom. The number of rotatable bonds is 5. The maximum atomic E-state index is 13.0. The molecular weight excluding hydrogens is 437 g/mol. The fraction of sp³-hybridized carbons (Fsp3) is 0.350. The molecule has 0 radical (unpaired) electrons. The summed E-state index contributed by atoms with van der Waals surface area (Å²) in [7, 11) is 0. The Morgan fingerprint density at radius 1 is 1.42 bits per heavy atom. The van der Waals surface area contributed by atoms with E-state index < -0.39 is 30.3 Å². The van der Waals surface area contributed by atoms with Crippen LogP contribution in [0.5, 0.6) is 0 Å². The first-order chi connectivity index (χ1) is 14.6. The van der Waals surface area contributed by atoms with Crippen molar-refractivity contribution in [2.24, 2.45) is 0 Å². The molecule has 0 bridgehead atoms. The molecule has 1 amide bonds. The molecule has 3 N–H and O–H groups in total. The minimum absolute atomic E-state index is 0.120. The van der Waals surface area contributed by atoms with Gasteiger partial charge in [0.25, 0.3) is 11.5 Å². The van der Waals surface area contributed by atoms with Crippen LogP contribution in [0.15, 0.2) is 29.2 Å². The molecule has 4 rings (SSSR count). The minimum atomic E-state index is -4.82. The topological polar surface area (TPSA) is 99.5 Å². The fourth-order valence-corrected chi connectivity index (χ4v) is 3.56. The molecule has 11 heteroatoms. The zero-order valence-corrected chi connectivity index (χ0v) is 17.0. The second-order valence-corrected chi connectivity index (χ2v) is 7.95. The van der Waals surface area contributed by atoms with Crippen molar-refractivity contribution in [1.82, 2.24) is 19.9 Å². The third kappa shape index (κ3) is 4.05. The highest BCUT2D eigenvalue weighted by molar-refractivity contribution is 6.31. The van der Waals surface area contributed by atoms with Gasteiger partial charge in [-0.25, -0.2) is 4.52 Å². The molecule has 1 fully saturated rings. The van der Waals surface area contributed by atoms with Gasteiger partial charge in [0.15, 0.2) is 5.69 Å². The molecule has 2 aromatic heterocycles. The van der Waals surface area contributed by atoms with Gasteiger partial charge in [-0.1, -0.05) is 17.7 Å². The van der Waals surface area contributed by atoms with Crippen molar-refractivity contribution in [3.63, 3.8) is 0 Å². The number of hydrogen-bond donors (Lipinski definition) is 3. The summed E-state index contributed by atoms with van der Waals surface area (Å²) in [4.78, 5) is 28.2. The predicted molar refractivity (Wildman–Crippen MR) is 107 cm³/mol. The van der Waals surface area contributed by atoms with E-state index in [9.17, 15) is 22.8 Å². The van der Waals surface area contributed by atoms with Gasteiger partial charge in [0.1, 0.15) is 11.6 Å². The van der Waals surface area contributed by atoms with E-state index in [0.29, 0.717) is 34.7 Å². The van der Waals surface area contributed by atoms with Crippen molar-refractivity contribution < 1.29 is 23.1 Å². The van der Waals surface area contributed by atoms with E-state index >= 15 is 0 Å². The van der Waals surface area contributed by atoms with Crippen molar-refractivity contribution in [3.05, 3.63) is 56.6 Å². The number of aromatic amines is 1. The van der Waals surface area contributed by atoms with E-state index in [1.54, 1.807) is 23.5 Å². The van der Waals surface area contributed by atoms with Crippen LogP contribution in [0.4, 0.5) is 13.2 Å². The first-order valence-corrected chi connectivity index (χ1v) is 9.88. The van der Waals surface area contributed by atoms with Crippen LogP contribution in [0.25, 0.3) is 16.8 Å². The van der Waals surface area contributed by atoms with Crippen LogP contribution in [0.1, 0.15) is 40.4 Å². The quantitative estimate of drug-likeness (QED) is 0.551. The Balaban J connectivity index is 1.81. The number of nitrogens with zero attached hydrogens (tertiary/aromatic N) is 2. The first kappa shape index (κ1) is 21.4. The van der Waals surface area contributed by atoms with E-state index in [0.717, 1.165) is 5.56 Å². The van der Waals surface area contributed by atoms with Crippen LogP contribution >= 0.6 is 11.6 Å². The number of aromatic nitrogens is 3. The molecule has 0 aliphatic heterocycles. The summed E-state index contributed by atoms with van der Waals surface area (Å²) in [5.41, 5.74) is 1.55. The molecule has 2 heterocycles. The third-order valence-electron chi connectivity index (χ3n) is 5.21. The molecule has 1 unspecified atom stereocenters. The number of aliphatic hydroxyl groups is 1.